The number of hydrazine groups is 1. The quantitative estimate of drug-likeness (QED) is 0.599. The van der Waals surface area contributed by atoms with Crippen LogP contribution >= 0.6 is 0 Å². The lowest BCUT2D eigenvalue weighted by Crippen LogP contribution is -2.31. The van der Waals surface area contributed by atoms with E-state index in [0.717, 1.165) is 31.6 Å². The predicted octanol–water partition coefficient (Wildman–Crippen LogP) is 2.13. The fourth-order valence-electron chi connectivity index (χ4n) is 2.39. The van der Waals surface area contributed by atoms with Gasteiger partial charge in [0.05, 0.1) is 6.04 Å². The molecule has 20 heavy (non-hydrogen) atoms. The number of nitrogens with one attached hydrogen (secondary N) is 1. The summed E-state index contributed by atoms with van der Waals surface area (Å²) in [7, 11) is 0. The maximum Gasteiger partial charge on any atom is 0.145 e. The average Bonchev–Trinajstić information content (AvgIpc) is 2.89. The molecule has 0 radical (unpaired) electrons. The van der Waals surface area contributed by atoms with E-state index in [0.29, 0.717) is 0 Å². The highest BCUT2D eigenvalue weighted by atomic mass is 15.4. The highest BCUT2D eigenvalue weighted by Crippen LogP contribution is 2.17. The Hall–Kier alpha value is -1.72. The lowest BCUT2D eigenvalue weighted by molar-refractivity contribution is 0.447. The van der Waals surface area contributed by atoms with Crippen LogP contribution in [-0.2, 0) is 13.0 Å². The molecule has 0 spiro atoms. The zero-order valence-electron chi connectivity index (χ0n) is 12.2. The highest BCUT2D eigenvalue weighted by Gasteiger charge is 2.16. The molecule has 2 aromatic rings. The van der Waals surface area contributed by atoms with Crippen molar-refractivity contribution in [2.75, 3.05) is 0 Å². The topological polar surface area (TPSA) is 68.8 Å². The van der Waals surface area contributed by atoms with Gasteiger partial charge in [0.15, 0.2) is 0 Å². The maximum absolute atomic E-state index is 5.69. The average molecular weight is 273 g/mol. The van der Waals surface area contributed by atoms with Gasteiger partial charge < -0.3 is 0 Å². The maximum atomic E-state index is 5.69. The third-order valence-electron chi connectivity index (χ3n) is 3.40. The van der Waals surface area contributed by atoms with Crippen LogP contribution in [-0.4, -0.2) is 14.8 Å². The van der Waals surface area contributed by atoms with Gasteiger partial charge in [0.25, 0.3) is 0 Å². The molecule has 0 bridgehead atoms. The lowest BCUT2D eigenvalue weighted by atomic mass is 10.0. The number of nitrogens with two attached hydrogens (primary N) is 1. The molecule has 0 aliphatic carbocycles. The summed E-state index contributed by atoms with van der Waals surface area (Å²) in [5, 5.41) is 4.25. The zero-order valence-corrected chi connectivity index (χ0v) is 12.2. The minimum Gasteiger partial charge on any atom is -0.271 e. The summed E-state index contributed by atoms with van der Waals surface area (Å²) in [5.41, 5.74) is 5.48. The summed E-state index contributed by atoms with van der Waals surface area (Å²) in [6.07, 6.45) is 4.51. The molecule has 0 aliphatic rings. The number of hydrogen-bond acceptors (Lipinski definition) is 4. The molecule has 0 saturated carbocycles. The standard InChI is InChI=1S/C15H23N5/c1-3-9-20-15(17-11-18-20)14(19-16)8-7-13-6-4-5-12(2)10-13/h4-6,10-11,14,19H,3,7-9,16H2,1-2H3. The second-order valence-corrected chi connectivity index (χ2v) is 5.09. The van der Waals surface area contributed by atoms with E-state index in [1.165, 1.54) is 11.1 Å². The third kappa shape index (κ3) is 3.65. The summed E-state index contributed by atoms with van der Waals surface area (Å²) in [4.78, 5) is 4.35. The number of nitrogens with zero attached hydrogens (tertiary/aromatic N) is 3. The van der Waals surface area contributed by atoms with E-state index in [1.807, 2.05) is 4.68 Å². The normalized spacial score (nSPS) is 12.6. The second kappa shape index (κ2) is 7.17. The van der Waals surface area contributed by atoms with Crippen LogP contribution in [0.3, 0.4) is 0 Å². The molecule has 0 aliphatic heterocycles. The van der Waals surface area contributed by atoms with Gasteiger partial charge in [-0.15, -0.1) is 0 Å². The fraction of sp³-hybridized carbons (Fsp3) is 0.467. The van der Waals surface area contributed by atoms with Gasteiger partial charge in [-0.2, -0.15) is 5.10 Å². The van der Waals surface area contributed by atoms with E-state index in [4.69, 9.17) is 5.84 Å². The first-order valence-corrected chi connectivity index (χ1v) is 7.14. The second-order valence-electron chi connectivity index (χ2n) is 5.09. The molecule has 1 atom stereocenters. The van der Waals surface area contributed by atoms with Crippen LogP contribution in [0.2, 0.25) is 0 Å². The molecule has 5 heteroatoms. The lowest BCUT2D eigenvalue weighted by Gasteiger charge is -2.16. The van der Waals surface area contributed by atoms with E-state index in [2.05, 4.69) is 53.6 Å². The molecule has 2 rings (SSSR count). The van der Waals surface area contributed by atoms with Crippen molar-refractivity contribution in [1.29, 1.82) is 0 Å². The molecule has 0 fully saturated rings. The summed E-state index contributed by atoms with van der Waals surface area (Å²) in [6, 6.07) is 8.60. The third-order valence-corrected chi connectivity index (χ3v) is 3.40. The van der Waals surface area contributed by atoms with Crippen LogP contribution in [0.5, 0.6) is 0 Å². The highest BCUT2D eigenvalue weighted by molar-refractivity contribution is 5.22. The van der Waals surface area contributed by atoms with Gasteiger partial charge in [-0.05, 0) is 31.7 Å². The van der Waals surface area contributed by atoms with Crippen LogP contribution in [0.1, 0.15) is 42.8 Å². The van der Waals surface area contributed by atoms with Crippen LogP contribution in [0.15, 0.2) is 30.6 Å². The first-order chi connectivity index (χ1) is 9.74. The Kier molecular flexibility index (Phi) is 5.26. The van der Waals surface area contributed by atoms with Gasteiger partial charge >= 0.3 is 0 Å². The Morgan fingerprint density at radius 1 is 1.40 bits per heavy atom. The number of aromatic nitrogens is 3. The van der Waals surface area contributed by atoms with Crippen molar-refractivity contribution < 1.29 is 0 Å². The largest absolute Gasteiger partial charge is 0.271 e. The molecule has 1 unspecified atom stereocenters. The van der Waals surface area contributed by atoms with Crippen molar-refractivity contribution in [3.8, 4) is 0 Å². The van der Waals surface area contributed by atoms with Crippen molar-refractivity contribution in [2.24, 2.45) is 5.84 Å². The van der Waals surface area contributed by atoms with E-state index in [1.54, 1.807) is 6.33 Å². The van der Waals surface area contributed by atoms with Crippen molar-refractivity contribution in [1.82, 2.24) is 20.2 Å². The van der Waals surface area contributed by atoms with Crippen LogP contribution in [0.4, 0.5) is 0 Å². The van der Waals surface area contributed by atoms with Crippen LogP contribution in [0, 0.1) is 6.92 Å². The number of benzene rings is 1. The Labute approximate surface area is 120 Å². The van der Waals surface area contributed by atoms with Crippen molar-refractivity contribution in [3.05, 3.63) is 47.5 Å². The Bertz CT molecular complexity index is 535. The molecular weight excluding hydrogens is 250 g/mol. The van der Waals surface area contributed by atoms with Crippen molar-refractivity contribution in [2.45, 2.75) is 45.7 Å². The van der Waals surface area contributed by atoms with E-state index < -0.39 is 0 Å². The Morgan fingerprint density at radius 2 is 2.25 bits per heavy atom. The van der Waals surface area contributed by atoms with E-state index in [-0.39, 0.29) is 6.04 Å². The first kappa shape index (κ1) is 14.7. The van der Waals surface area contributed by atoms with E-state index in [9.17, 15) is 0 Å². The van der Waals surface area contributed by atoms with Gasteiger partial charge in [-0.25, -0.2) is 15.1 Å². The molecule has 1 heterocycles. The van der Waals surface area contributed by atoms with Gasteiger partial charge in [0, 0.05) is 6.54 Å². The summed E-state index contributed by atoms with van der Waals surface area (Å²) >= 11 is 0. The number of aryl methyl sites for hydroxylation is 3. The minimum absolute atomic E-state index is 0.0320. The molecule has 0 saturated heterocycles. The van der Waals surface area contributed by atoms with Gasteiger partial charge in [-0.1, -0.05) is 36.8 Å². The monoisotopic (exact) mass is 273 g/mol. The molecule has 108 valence electrons. The number of hydrogen-bond donors (Lipinski definition) is 2. The Balaban J connectivity index is 2.03. The molecule has 1 aromatic heterocycles. The minimum atomic E-state index is 0.0320. The van der Waals surface area contributed by atoms with E-state index >= 15 is 0 Å². The molecule has 1 aromatic carbocycles. The summed E-state index contributed by atoms with van der Waals surface area (Å²) in [6.45, 7) is 5.11. The van der Waals surface area contributed by atoms with Crippen molar-refractivity contribution in [3.63, 3.8) is 0 Å². The molecular formula is C15H23N5. The smallest absolute Gasteiger partial charge is 0.145 e. The number of rotatable bonds is 7. The molecule has 5 nitrogen and oxygen atoms in total. The Morgan fingerprint density at radius 3 is 2.95 bits per heavy atom. The van der Waals surface area contributed by atoms with Crippen LogP contribution in [0.25, 0.3) is 0 Å². The van der Waals surface area contributed by atoms with Gasteiger partial charge in [-0.3, -0.25) is 5.84 Å². The SMILES string of the molecule is CCCn1ncnc1C(CCc1cccc(C)c1)NN. The van der Waals surface area contributed by atoms with Gasteiger partial charge in [0.1, 0.15) is 12.2 Å². The van der Waals surface area contributed by atoms with Crippen LogP contribution < -0.4 is 11.3 Å². The van der Waals surface area contributed by atoms with Gasteiger partial charge in [0.2, 0.25) is 0 Å². The summed E-state index contributed by atoms with van der Waals surface area (Å²) < 4.78 is 1.93. The first-order valence-electron chi connectivity index (χ1n) is 7.14. The molecule has 0 amide bonds. The zero-order chi connectivity index (χ0) is 14.4. The molecule has 3 N–H and O–H groups in total. The fourth-order valence-corrected chi connectivity index (χ4v) is 2.39. The summed E-state index contributed by atoms with van der Waals surface area (Å²) in [5.74, 6) is 6.61. The van der Waals surface area contributed by atoms with Crippen molar-refractivity contribution >= 4 is 0 Å². The predicted molar refractivity (Wildman–Crippen MR) is 79.9 cm³/mol.